The van der Waals surface area contributed by atoms with Crippen LogP contribution >= 0.6 is 11.8 Å². The number of thioether (sulfide) groups is 1. The number of rotatable bonds is 10. The van der Waals surface area contributed by atoms with E-state index in [1.165, 1.54) is 0 Å². The average molecular weight is 423 g/mol. The number of carbonyl (C=O) groups excluding carboxylic acids is 1. The molecule has 6 nitrogen and oxygen atoms in total. The molecule has 0 aliphatic heterocycles. The highest BCUT2D eigenvalue weighted by Gasteiger charge is 2.11. The van der Waals surface area contributed by atoms with Crippen LogP contribution in [0.15, 0.2) is 53.4 Å². The molecule has 0 fully saturated rings. The van der Waals surface area contributed by atoms with Crippen LogP contribution in [0.4, 0.5) is 5.69 Å². The molecular weight excluding hydrogens is 396 g/mol. The Bertz CT molecular complexity index is 883. The van der Waals surface area contributed by atoms with Gasteiger partial charge in [0.1, 0.15) is 5.75 Å². The fraction of sp³-hybridized carbons (Fsp3) is 0.350. The number of nitrogens with zero attached hydrogens (tertiary/aromatic N) is 1. The monoisotopic (exact) mass is 422 g/mol. The maximum atomic E-state index is 12.3. The Morgan fingerprint density at radius 2 is 1.82 bits per heavy atom. The molecule has 0 aromatic heterocycles. The molecule has 0 radical (unpaired) electrons. The molecule has 8 heteroatoms. The maximum absolute atomic E-state index is 12.3. The molecular formula is C20H26N2O4S2. The van der Waals surface area contributed by atoms with Crippen LogP contribution in [0.25, 0.3) is 0 Å². The quantitative estimate of drug-likeness (QED) is 0.468. The second-order valence-corrected chi connectivity index (χ2v) is 9.33. The molecule has 2 rings (SSSR count). The first kappa shape index (κ1) is 22.1. The van der Waals surface area contributed by atoms with Crippen LogP contribution in [0, 0.1) is 0 Å². The third-order valence-corrected chi connectivity index (χ3v) is 5.69. The van der Waals surface area contributed by atoms with E-state index in [0.29, 0.717) is 18.7 Å². The minimum Gasteiger partial charge on any atom is -0.496 e. The molecule has 1 N–H and O–H groups in total. The van der Waals surface area contributed by atoms with E-state index in [0.717, 1.165) is 34.6 Å². The standard InChI is InChI=1S/C20H26N2O4S2/c1-22(15-16-7-4-5-8-19(16)26-2)20(23)9-6-14-27-18-12-10-17(11-13-18)21-28(3,24)25/h4-5,7-8,10-13,21H,6,9,14-15H2,1-3H3. The first-order chi connectivity index (χ1) is 13.3. The topological polar surface area (TPSA) is 75.7 Å². The lowest BCUT2D eigenvalue weighted by Gasteiger charge is -2.18. The molecule has 28 heavy (non-hydrogen) atoms. The van der Waals surface area contributed by atoms with Crippen molar-refractivity contribution >= 4 is 33.4 Å². The van der Waals surface area contributed by atoms with Gasteiger partial charge >= 0.3 is 0 Å². The van der Waals surface area contributed by atoms with Gasteiger partial charge in [-0.1, -0.05) is 18.2 Å². The molecule has 2 aromatic rings. The van der Waals surface area contributed by atoms with Crippen LogP contribution < -0.4 is 9.46 Å². The number of nitrogens with one attached hydrogen (secondary N) is 1. The van der Waals surface area contributed by atoms with Crippen LogP contribution in [0.2, 0.25) is 0 Å². The van der Waals surface area contributed by atoms with Gasteiger partial charge in [-0.05, 0) is 42.5 Å². The molecule has 0 aliphatic rings. The lowest BCUT2D eigenvalue weighted by molar-refractivity contribution is -0.130. The molecule has 0 heterocycles. The highest BCUT2D eigenvalue weighted by Crippen LogP contribution is 2.22. The van der Waals surface area contributed by atoms with Crippen molar-refractivity contribution in [2.24, 2.45) is 0 Å². The summed E-state index contributed by atoms with van der Waals surface area (Å²) in [5.74, 6) is 1.69. The maximum Gasteiger partial charge on any atom is 0.229 e. The number of hydrogen-bond donors (Lipinski definition) is 1. The second-order valence-electron chi connectivity index (χ2n) is 6.41. The lowest BCUT2D eigenvalue weighted by atomic mass is 10.2. The molecule has 0 aliphatic carbocycles. The van der Waals surface area contributed by atoms with Crippen LogP contribution in [0.1, 0.15) is 18.4 Å². The first-order valence-electron chi connectivity index (χ1n) is 8.85. The summed E-state index contributed by atoms with van der Waals surface area (Å²) < 4.78 is 30.2. The zero-order valence-corrected chi connectivity index (χ0v) is 18.0. The van der Waals surface area contributed by atoms with Gasteiger partial charge in [-0.2, -0.15) is 0 Å². The summed E-state index contributed by atoms with van der Waals surface area (Å²) in [6.45, 7) is 0.519. The van der Waals surface area contributed by atoms with Gasteiger partial charge in [-0.3, -0.25) is 9.52 Å². The van der Waals surface area contributed by atoms with Crippen molar-refractivity contribution < 1.29 is 17.9 Å². The molecule has 2 aromatic carbocycles. The van der Waals surface area contributed by atoms with Gasteiger partial charge in [-0.25, -0.2) is 8.42 Å². The van der Waals surface area contributed by atoms with Gasteiger partial charge in [-0.15, -0.1) is 11.8 Å². The fourth-order valence-corrected chi connectivity index (χ4v) is 4.03. The fourth-order valence-electron chi connectivity index (χ4n) is 2.61. The number of sulfonamides is 1. The Balaban J connectivity index is 1.74. The summed E-state index contributed by atoms with van der Waals surface area (Å²) in [6.07, 6.45) is 2.37. The Hall–Kier alpha value is -2.19. The Morgan fingerprint density at radius 3 is 2.46 bits per heavy atom. The number of hydrogen-bond acceptors (Lipinski definition) is 5. The molecule has 0 saturated heterocycles. The number of methoxy groups -OCH3 is 1. The van der Waals surface area contributed by atoms with Gasteiger partial charge < -0.3 is 9.64 Å². The van der Waals surface area contributed by atoms with E-state index in [-0.39, 0.29) is 5.91 Å². The summed E-state index contributed by atoms with van der Waals surface area (Å²) in [6, 6.07) is 14.9. The predicted molar refractivity (Wildman–Crippen MR) is 114 cm³/mol. The van der Waals surface area contributed by atoms with E-state index < -0.39 is 10.0 Å². The highest BCUT2D eigenvalue weighted by molar-refractivity contribution is 7.99. The molecule has 1 amide bonds. The minimum absolute atomic E-state index is 0.0965. The zero-order valence-electron chi connectivity index (χ0n) is 16.3. The molecule has 0 spiro atoms. The SMILES string of the molecule is COc1ccccc1CN(C)C(=O)CCCSc1ccc(NS(C)(=O)=O)cc1. The molecule has 0 bridgehead atoms. The number of carbonyl (C=O) groups is 1. The summed E-state index contributed by atoms with van der Waals surface area (Å²) in [7, 11) is 0.165. The van der Waals surface area contributed by atoms with Crippen LogP contribution in [0.5, 0.6) is 5.75 Å². The van der Waals surface area contributed by atoms with E-state index >= 15 is 0 Å². The zero-order chi connectivity index (χ0) is 20.6. The van der Waals surface area contributed by atoms with E-state index in [4.69, 9.17) is 4.74 Å². The van der Waals surface area contributed by atoms with Crippen molar-refractivity contribution in [1.29, 1.82) is 0 Å². The van der Waals surface area contributed by atoms with Crippen molar-refractivity contribution in [3.05, 3.63) is 54.1 Å². The van der Waals surface area contributed by atoms with Crippen LogP contribution in [0.3, 0.4) is 0 Å². The summed E-state index contributed by atoms with van der Waals surface area (Å²) >= 11 is 1.64. The number of anilines is 1. The Labute approximate surface area is 171 Å². The van der Waals surface area contributed by atoms with Crippen molar-refractivity contribution in [3.8, 4) is 5.75 Å². The predicted octanol–water partition coefficient (Wildman–Crippen LogP) is 3.60. The Kier molecular flexibility index (Phi) is 8.19. The van der Waals surface area contributed by atoms with Gasteiger partial charge in [0.2, 0.25) is 15.9 Å². The van der Waals surface area contributed by atoms with Crippen LogP contribution in [-0.4, -0.2) is 45.4 Å². The average Bonchev–Trinajstić information content (AvgIpc) is 2.65. The lowest BCUT2D eigenvalue weighted by Crippen LogP contribution is -2.26. The van der Waals surface area contributed by atoms with Crippen molar-refractivity contribution in [1.82, 2.24) is 4.90 Å². The molecule has 0 saturated carbocycles. The van der Waals surface area contributed by atoms with Gasteiger partial charge in [0.25, 0.3) is 0 Å². The number of ether oxygens (including phenoxy) is 1. The third-order valence-electron chi connectivity index (χ3n) is 3.99. The smallest absolute Gasteiger partial charge is 0.229 e. The Morgan fingerprint density at radius 1 is 1.14 bits per heavy atom. The molecule has 0 atom stereocenters. The van der Waals surface area contributed by atoms with E-state index in [2.05, 4.69) is 4.72 Å². The first-order valence-corrected chi connectivity index (χ1v) is 11.7. The van der Waals surface area contributed by atoms with E-state index in [1.54, 1.807) is 43.0 Å². The minimum atomic E-state index is -3.26. The van der Waals surface area contributed by atoms with Gasteiger partial charge in [0.15, 0.2) is 0 Å². The van der Waals surface area contributed by atoms with Crippen molar-refractivity contribution in [3.63, 3.8) is 0 Å². The summed E-state index contributed by atoms with van der Waals surface area (Å²) in [4.78, 5) is 15.1. The van der Waals surface area contributed by atoms with Crippen LogP contribution in [-0.2, 0) is 21.4 Å². The van der Waals surface area contributed by atoms with E-state index in [1.807, 2.05) is 36.4 Å². The van der Waals surface area contributed by atoms with Crippen molar-refractivity contribution in [2.45, 2.75) is 24.3 Å². The van der Waals surface area contributed by atoms with Gasteiger partial charge in [0, 0.05) is 36.2 Å². The number of benzene rings is 2. The summed E-state index contributed by atoms with van der Waals surface area (Å²) in [5, 5.41) is 0. The van der Waals surface area contributed by atoms with Gasteiger partial charge in [0.05, 0.1) is 13.4 Å². The second kappa shape index (κ2) is 10.4. The normalized spacial score (nSPS) is 11.1. The largest absolute Gasteiger partial charge is 0.496 e. The molecule has 0 unspecified atom stereocenters. The molecule has 152 valence electrons. The summed E-state index contributed by atoms with van der Waals surface area (Å²) in [5.41, 5.74) is 1.53. The number of para-hydroxylation sites is 1. The van der Waals surface area contributed by atoms with Crippen molar-refractivity contribution in [2.75, 3.05) is 30.9 Å². The third kappa shape index (κ3) is 7.44. The number of amides is 1. The van der Waals surface area contributed by atoms with E-state index in [9.17, 15) is 13.2 Å². The highest BCUT2D eigenvalue weighted by atomic mass is 32.2.